The van der Waals surface area contributed by atoms with E-state index in [1.54, 1.807) is 25.3 Å². The first kappa shape index (κ1) is 32.5. The summed E-state index contributed by atoms with van der Waals surface area (Å²) in [4.78, 5) is 40.5. The first-order valence-corrected chi connectivity index (χ1v) is 11.9. The highest BCUT2D eigenvalue weighted by Crippen LogP contribution is 2.27. The van der Waals surface area contributed by atoms with Crippen LogP contribution >= 0.6 is 0 Å². The van der Waals surface area contributed by atoms with Crippen molar-refractivity contribution in [3.63, 3.8) is 0 Å². The number of hydrogen-bond acceptors (Lipinski definition) is 6. The highest BCUT2D eigenvalue weighted by molar-refractivity contribution is 5.94. The van der Waals surface area contributed by atoms with Crippen LogP contribution in [0.4, 0.5) is 4.39 Å². The van der Waals surface area contributed by atoms with Crippen LogP contribution in [-0.2, 0) is 17.9 Å². The van der Waals surface area contributed by atoms with E-state index in [0.717, 1.165) is 19.3 Å². The zero-order valence-corrected chi connectivity index (χ0v) is 22.2. The predicted molar refractivity (Wildman–Crippen MR) is 140 cm³/mol. The molecule has 0 radical (unpaired) electrons. The summed E-state index contributed by atoms with van der Waals surface area (Å²) in [6, 6.07) is 5.60. The summed E-state index contributed by atoms with van der Waals surface area (Å²) in [5.74, 6) is -1.15. The van der Waals surface area contributed by atoms with E-state index < -0.39 is 17.2 Å². The second kappa shape index (κ2) is 17.8. The van der Waals surface area contributed by atoms with Gasteiger partial charge in [0.1, 0.15) is 11.6 Å². The third-order valence-electron chi connectivity index (χ3n) is 4.90. The van der Waals surface area contributed by atoms with Gasteiger partial charge < -0.3 is 15.7 Å². The Kier molecular flexibility index (Phi) is 16.1. The molecule has 3 rings (SSSR count). The van der Waals surface area contributed by atoms with Crippen LogP contribution in [-0.4, -0.2) is 53.0 Å². The molecule has 9 nitrogen and oxygen atoms in total. The molecular weight excluding hydrogens is 465 g/mol. The van der Waals surface area contributed by atoms with E-state index in [2.05, 4.69) is 22.2 Å². The van der Waals surface area contributed by atoms with Gasteiger partial charge >= 0.3 is 0 Å². The minimum Gasteiger partial charge on any atom is -0.501 e. The Labute approximate surface area is 213 Å². The van der Waals surface area contributed by atoms with E-state index in [4.69, 9.17) is 4.79 Å². The molecule has 2 aromatic rings. The molecule has 0 aliphatic carbocycles. The molecule has 3 N–H and O–H groups in total. The largest absolute Gasteiger partial charge is 0.501 e. The normalized spacial score (nSPS) is 13.6. The van der Waals surface area contributed by atoms with Crippen molar-refractivity contribution in [2.75, 3.05) is 21.1 Å². The summed E-state index contributed by atoms with van der Waals surface area (Å²) >= 11 is 0. The van der Waals surface area contributed by atoms with Crippen molar-refractivity contribution in [2.45, 2.75) is 59.2 Å². The standard InChI is InChI=1S/C19H23FN4O3.C3H6.C2H5NO.C2H6/c1-23(2)14-5-3-4-10-24-17(14)22-15(16(25)19(24)27)18(26)21-11-12-6-8-13(20)9-7-12;1-3-2;1-3-2-4;1-2/h6-9,14,25H,3-5,10-11H2,1-2H3,(H,21,26);3H,1H2,2H3;2H,1H3,(H,3,4);1-2H3. The number of aromatic nitrogens is 2. The number of carbonyl (C=O) groups is 2. The Morgan fingerprint density at radius 1 is 1.28 bits per heavy atom. The predicted octanol–water partition coefficient (Wildman–Crippen LogP) is 3.39. The van der Waals surface area contributed by atoms with Gasteiger partial charge in [0.25, 0.3) is 11.5 Å². The molecule has 0 bridgehead atoms. The van der Waals surface area contributed by atoms with Crippen LogP contribution < -0.4 is 16.2 Å². The number of amides is 2. The summed E-state index contributed by atoms with van der Waals surface area (Å²) in [5.41, 5.74) is -0.176. The molecule has 0 fully saturated rings. The van der Waals surface area contributed by atoms with Gasteiger partial charge in [-0.15, -0.1) is 6.58 Å². The van der Waals surface area contributed by atoms with Crippen LogP contribution in [0, 0.1) is 5.82 Å². The van der Waals surface area contributed by atoms with Gasteiger partial charge in [0, 0.05) is 20.1 Å². The van der Waals surface area contributed by atoms with Crippen LogP contribution in [0.15, 0.2) is 41.7 Å². The molecule has 0 spiro atoms. The number of allylic oxidation sites excluding steroid dienone is 1. The summed E-state index contributed by atoms with van der Waals surface area (Å²) in [6.07, 6.45) is 4.94. The molecule has 10 heteroatoms. The summed E-state index contributed by atoms with van der Waals surface area (Å²) in [6.45, 7) is 9.85. The summed E-state index contributed by atoms with van der Waals surface area (Å²) < 4.78 is 14.4. The van der Waals surface area contributed by atoms with Gasteiger partial charge in [0.2, 0.25) is 12.2 Å². The number of aromatic hydroxyl groups is 1. The highest BCUT2D eigenvalue weighted by atomic mass is 19.1. The monoisotopic (exact) mass is 505 g/mol. The Hall–Kier alpha value is -3.53. The minimum absolute atomic E-state index is 0.107. The number of nitrogens with zero attached hydrogens (tertiary/aromatic N) is 3. The smallest absolute Gasteiger partial charge is 0.296 e. The quantitative estimate of drug-likeness (QED) is 0.424. The van der Waals surface area contributed by atoms with Gasteiger partial charge in [-0.3, -0.25) is 23.9 Å². The van der Waals surface area contributed by atoms with Crippen LogP contribution in [0.1, 0.15) is 68.0 Å². The van der Waals surface area contributed by atoms with Crippen LogP contribution in [0.5, 0.6) is 5.75 Å². The third-order valence-corrected chi connectivity index (χ3v) is 4.90. The molecule has 0 saturated heterocycles. The molecule has 2 heterocycles. The fourth-order valence-corrected chi connectivity index (χ4v) is 3.28. The second-order valence-electron chi connectivity index (χ2n) is 7.72. The Morgan fingerprint density at radius 3 is 2.33 bits per heavy atom. The molecule has 0 saturated carbocycles. The number of hydrogen-bond donors (Lipinski definition) is 3. The van der Waals surface area contributed by atoms with E-state index in [1.807, 2.05) is 39.8 Å². The highest BCUT2D eigenvalue weighted by Gasteiger charge is 2.28. The fraction of sp³-hybridized carbons (Fsp3) is 0.462. The van der Waals surface area contributed by atoms with Crippen molar-refractivity contribution in [2.24, 2.45) is 0 Å². The Bertz CT molecular complexity index is 1010. The lowest BCUT2D eigenvalue weighted by atomic mass is 10.1. The lowest BCUT2D eigenvalue weighted by molar-refractivity contribution is -0.109. The van der Waals surface area contributed by atoms with Gasteiger partial charge in [0.15, 0.2) is 5.69 Å². The number of benzene rings is 1. The van der Waals surface area contributed by atoms with E-state index in [-0.39, 0.29) is 24.1 Å². The first-order valence-electron chi connectivity index (χ1n) is 11.9. The SMILES string of the molecule is C=CC.CC.CN(C)C1CCCCn2c1nc(C(=O)NCc1ccc(F)cc1)c(O)c2=O.CNC=O. The van der Waals surface area contributed by atoms with Gasteiger partial charge in [-0.1, -0.05) is 32.1 Å². The molecular formula is C26H40FN5O4. The minimum atomic E-state index is -0.644. The topological polar surface area (TPSA) is 117 Å². The molecule has 2 amide bonds. The lowest BCUT2D eigenvalue weighted by Crippen LogP contribution is -2.34. The number of rotatable bonds is 5. The first-order chi connectivity index (χ1) is 17.2. The average Bonchev–Trinajstić information content (AvgIpc) is 3.10. The van der Waals surface area contributed by atoms with Crippen LogP contribution in [0.3, 0.4) is 0 Å². The molecule has 36 heavy (non-hydrogen) atoms. The maximum atomic E-state index is 13.0. The molecule has 1 atom stereocenters. The number of nitrogens with one attached hydrogen (secondary N) is 2. The van der Waals surface area contributed by atoms with Crippen molar-refractivity contribution >= 4 is 12.3 Å². The van der Waals surface area contributed by atoms with Crippen molar-refractivity contribution in [1.29, 1.82) is 0 Å². The van der Waals surface area contributed by atoms with Crippen molar-refractivity contribution in [1.82, 2.24) is 25.1 Å². The maximum Gasteiger partial charge on any atom is 0.296 e. The summed E-state index contributed by atoms with van der Waals surface area (Å²) in [5, 5.41) is 15.1. The number of halogens is 1. The van der Waals surface area contributed by atoms with E-state index in [0.29, 0.717) is 24.3 Å². The van der Waals surface area contributed by atoms with Crippen LogP contribution in [0.25, 0.3) is 0 Å². The molecule has 1 unspecified atom stereocenters. The molecule has 1 aliphatic rings. The summed E-state index contributed by atoms with van der Waals surface area (Å²) in [7, 11) is 5.36. The molecule has 200 valence electrons. The average molecular weight is 506 g/mol. The van der Waals surface area contributed by atoms with Crippen LogP contribution in [0.2, 0.25) is 0 Å². The van der Waals surface area contributed by atoms with E-state index in [9.17, 15) is 19.1 Å². The van der Waals surface area contributed by atoms with Gasteiger partial charge in [-0.05, 0) is 58.0 Å². The van der Waals surface area contributed by atoms with Crippen molar-refractivity contribution in [3.8, 4) is 5.75 Å². The zero-order chi connectivity index (χ0) is 27.7. The van der Waals surface area contributed by atoms with Gasteiger partial charge in [-0.25, -0.2) is 9.37 Å². The second-order valence-corrected chi connectivity index (χ2v) is 7.72. The zero-order valence-electron chi connectivity index (χ0n) is 22.2. The van der Waals surface area contributed by atoms with E-state index in [1.165, 1.54) is 16.7 Å². The van der Waals surface area contributed by atoms with Crippen molar-refractivity contribution < 1.29 is 19.1 Å². The Morgan fingerprint density at radius 2 is 1.83 bits per heavy atom. The Balaban J connectivity index is 0.00000119. The van der Waals surface area contributed by atoms with Gasteiger partial charge in [0.05, 0.1) is 6.04 Å². The van der Waals surface area contributed by atoms with Crippen molar-refractivity contribution in [3.05, 3.63) is 70.2 Å². The maximum absolute atomic E-state index is 13.0. The molecule has 1 aliphatic heterocycles. The number of carbonyl (C=O) groups excluding carboxylic acids is 2. The molecule has 1 aromatic carbocycles. The lowest BCUT2D eigenvalue weighted by Gasteiger charge is -2.24. The van der Waals surface area contributed by atoms with E-state index >= 15 is 0 Å². The molecule has 1 aromatic heterocycles. The van der Waals surface area contributed by atoms with Gasteiger partial charge in [-0.2, -0.15) is 0 Å². The number of fused-ring (bicyclic) bond motifs is 1. The third kappa shape index (κ3) is 9.99. The fourth-order valence-electron chi connectivity index (χ4n) is 3.28.